The number of Topliss-reactive ketones (excluding diaryl/α,β-unsaturated/α-hetero) is 1. The highest BCUT2D eigenvalue weighted by Gasteiger charge is 2.13. The third kappa shape index (κ3) is 6.21. The van der Waals surface area contributed by atoms with E-state index in [1.54, 1.807) is 19.1 Å². The molecule has 1 N–H and O–H groups in total. The largest absolute Gasteiger partial charge is 0.469 e. The molecule has 114 valence electrons. The molecule has 1 amide bonds. The van der Waals surface area contributed by atoms with Crippen molar-refractivity contribution in [3.63, 3.8) is 0 Å². The second-order valence-electron chi connectivity index (χ2n) is 5.04. The molecule has 0 bridgehead atoms. The van der Waals surface area contributed by atoms with Gasteiger partial charge in [0.05, 0.1) is 13.5 Å². The summed E-state index contributed by atoms with van der Waals surface area (Å²) in [7, 11) is 1.30. The van der Waals surface area contributed by atoms with Gasteiger partial charge in [0.15, 0.2) is 5.78 Å². The lowest BCUT2D eigenvalue weighted by Gasteiger charge is -2.12. The highest BCUT2D eigenvalue weighted by molar-refractivity contribution is 5.98. The molecule has 0 saturated heterocycles. The topological polar surface area (TPSA) is 72.5 Å². The van der Waals surface area contributed by atoms with Gasteiger partial charge in [0, 0.05) is 24.4 Å². The number of carbonyl (C=O) groups is 3. The van der Waals surface area contributed by atoms with Gasteiger partial charge in [-0.2, -0.15) is 0 Å². The van der Waals surface area contributed by atoms with Crippen molar-refractivity contribution in [2.75, 3.05) is 7.11 Å². The molecule has 5 nitrogen and oxygen atoms in total. The quantitative estimate of drug-likeness (QED) is 0.616. The van der Waals surface area contributed by atoms with Crippen molar-refractivity contribution >= 4 is 17.7 Å². The summed E-state index contributed by atoms with van der Waals surface area (Å²) < 4.78 is 4.52. The molecule has 0 saturated carbocycles. The normalized spacial score (nSPS) is 11.6. The molecule has 1 rings (SSSR count). The van der Waals surface area contributed by atoms with E-state index in [1.807, 2.05) is 19.1 Å². The highest BCUT2D eigenvalue weighted by Crippen LogP contribution is 2.07. The summed E-state index contributed by atoms with van der Waals surface area (Å²) in [5.41, 5.74) is 1.69. The maximum absolute atomic E-state index is 11.9. The summed E-state index contributed by atoms with van der Waals surface area (Å²) in [6.45, 7) is 3.67. The predicted molar refractivity (Wildman–Crippen MR) is 79.0 cm³/mol. The minimum atomic E-state index is -0.376. The Morgan fingerprint density at radius 3 is 2.33 bits per heavy atom. The number of nitrogens with one attached hydrogen (secondary N) is 1. The van der Waals surface area contributed by atoms with Crippen molar-refractivity contribution in [2.24, 2.45) is 0 Å². The number of esters is 1. The fraction of sp³-hybridized carbons (Fsp3) is 0.438. The van der Waals surface area contributed by atoms with Crippen LogP contribution in [0.3, 0.4) is 0 Å². The monoisotopic (exact) mass is 291 g/mol. The second kappa shape index (κ2) is 8.19. The van der Waals surface area contributed by atoms with Crippen LogP contribution in [0.4, 0.5) is 0 Å². The van der Waals surface area contributed by atoms with Crippen LogP contribution in [-0.4, -0.2) is 30.8 Å². The van der Waals surface area contributed by atoms with E-state index < -0.39 is 0 Å². The lowest BCUT2D eigenvalue weighted by atomic mass is 10.0. The maximum atomic E-state index is 11.9. The van der Waals surface area contributed by atoms with Crippen molar-refractivity contribution in [1.82, 2.24) is 5.32 Å². The number of rotatable bonds is 7. The number of ketones is 1. The zero-order valence-corrected chi connectivity index (χ0v) is 12.6. The fourth-order valence-electron chi connectivity index (χ4n) is 1.84. The third-order valence-electron chi connectivity index (χ3n) is 3.06. The molecule has 1 atom stereocenters. The number of benzene rings is 1. The van der Waals surface area contributed by atoms with Crippen LogP contribution in [-0.2, 0) is 14.3 Å². The lowest BCUT2D eigenvalue weighted by molar-refractivity contribution is -0.141. The Bertz CT molecular complexity index is 508. The molecule has 1 aromatic carbocycles. The van der Waals surface area contributed by atoms with E-state index >= 15 is 0 Å². The molecule has 0 radical (unpaired) electrons. The van der Waals surface area contributed by atoms with Crippen molar-refractivity contribution < 1.29 is 19.1 Å². The number of aryl methyl sites for hydroxylation is 1. The van der Waals surface area contributed by atoms with E-state index in [2.05, 4.69) is 10.1 Å². The molecule has 0 fully saturated rings. The summed E-state index contributed by atoms with van der Waals surface area (Å²) in [6, 6.07) is 6.95. The van der Waals surface area contributed by atoms with E-state index in [4.69, 9.17) is 0 Å². The third-order valence-corrected chi connectivity index (χ3v) is 3.06. The Morgan fingerprint density at radius 2 is 1.76 bits per heavy atom. The van der Waals surface area contributed by atoms with Gasteiger partial charge in [0.2, 0.25) is 5.91 Å². The van der Waals surface area contributed by atoms with E-state index in [0.29, 0.717) is 5.56 Å². The first-order valence-corrected chi connectivity index (χ1v) is 6.88. The van der Waals surface area contributed by atoms with Gasteiger partial charge in [-0.3, -0.25) is 14.4 Å². The number of ether oxygens (including phenoxy) is 1. The van der Waals surface area contributed by atoms with Gasteiger partial charge in [-0.15, -0.1) is 0 Å². The van der Waals surface area contributed by atoms with Crippen LogP contribution >= 0.6 is 0 Å². The fourth-order valence-corrected chi connectivity index (χ4v) is 1.84. The summed E-state index contributed by atoms with van der Waals surface area (Å²) in [4.78, 5) is 34.7. The molecule has 21 heavy (non-hydrogen) atoms. The maximum Gasteiger partial charge on any atom is 0.307 e. The average molecular weight is 291 g/mol. The number of hydrogen-bond acceptors (Lipinski definition) is 4. The molecule has 1 aromatic rings. The Morgan fingerprint density at radius 1 is 1.14 bits per heavy atom. The van der Waals surface area contributed by atoms with Gasteiger partial charge in [-0.1, -0.05) is 29.8 Å². The highest BCUT2D eigenvalue weighted by atomic mass is 16.5. The molecular formula is C16H21NO4. The van der Waals surface area contributed by atoms with Gasteiger partial charge in [0.25, 0.3) is 0 Å². The van der Waals surface area contributed by atoms with Crippen molar-refractivity contribution in [3.8, 4) is 0 Å². The van der Waals surface area contributed by atoms with E-state index in [0.717, 1.165) is 5.56 Å². The zero-order valence-electron chi connectivity index (χ0n) is 12.6. The minimum Gasteiger partial charge on any atom is -0.469 e. The number of hydrogen-bond donors (Lipinski definition) is 1. The van der Waals surface area contributed by atoms with E-state index in [9.17, 15) is 14.4 Å². The van der Waals surface area contributed by atoms with Gasteiger partial charge in [-0.05, 0) is 13.8 Å². The van der Waals surface area contributed by atoms with Gasteiger partial charge in [0.1, 0.15) is 0 Å². The number of carbonyl (C=O) groups excluding carboxylic acids is 3. The second-order valence-corrected chi connectivity index (χ2v) is 5.04. The van der Waals surface area contributed by atoms with Crippen molar-refractivity contribution in [1.29, 1.82) is 0 Å². The first kappa shape index (κ1) is 16.9. The molecule has 0 aliphatic carbocycles. The van der Waals surface area contributed by atoms with Crippen LogP contribution < -0.4 is 5.32 Å². The van der Waals surface area contributed by atoms with Crippen LogP contribution in [0.15, 0.2) is 24.3 Å². The first-order valence-electron chi connectivity index (χ1n) is 6.88. The van der Waals surface area contributed by atoms with Gasteiger partial charge < -0.3 is 10.1 Å². The van der Waals surface area contributed by atoms with E-state index in [1.165, 1.54) is 7.11 Å². The predicted octanol–water partition coefficient (Wildman–Crippen LogP) is 2.03. The van der Waals surface area contributed by atoms with Gasteiger partial charge >= 0.3 is 5.97 Å². The van der Waals surface area contributed by atoms with Crippen LogP contribution in [0.5, 0.6) is 0 Å². The molecule has 0 aliphatic rings. The van der Waals surface area contributed by atoms with Crippen molar-refractivity contribution in [3.05, 3.63) is 35.4 Å². The summed E-state index contributed by atoms with van der Waals surface area (Å²) >= 11 is 0. The number of amides is 1. The van der Waals surface area contributed by atoms with Crippen molar-refractivity contribution in [2.45, 2.75) is 39.2 Å². The first-order chi connectivity index (χ1) is 9.92. The lowest BCUT2D eigenvalue weighted by Crippen LogP contribution is -2.34. The molecule has 0 aromatic heterocycles. The molecule has 0 aliphatic heterocycles. The standard InChI is InChI=1S/C16H21NO4/c1-11-4-6-13(7-5-11)14(18)8-9-15(19)17-12(2)10-16(20)21-3/h4-7,12H,8-10H2,1-3H3,(H,17,19). The summed E-state index contributed by atoms with van der Waals surface area (Å²) in [6.07, 6.45) is 0.381. The Kier molecular flexibility index (Phi) is 6.59. The van der Waals surface area contributed by atoms with Gasteiger partial charge in [-0.25, -0.2) is 0 Å². The molecule has 5 heteroatoms. The number of methoxy groups -OCH3 is 1. The zero-order chi connectivity index (χ0) is 15.8. The molecule has 0 heterocycles. The molecule has 0 spiro atoms. The smallest absolute Gasteiger partial charge is 0.307 e. The SMILES string of the molecule is COC(=O)CC(C)NC(=O)CCC(=O)c1ccc(C)cc1. The molecule has 1 unspecified atom stereocenters. The Labute approximate surface area is 124 Å². The Hall–Kier alpha value is -2.17. The summed E-state index contributed by atoms with van der Waals surface area (Å²) in [5, 5.41) is 2.67. The van der Waals surface area contributed by atoms with E-state index in [-0.39, 0.29) is 43.0 Å². The van der Waals surface area contributed by atoms with Crippen LogP contribution in [0.1, 0.15) is 42.1 Å². The van der Waals surface area contributed by atoms with Crippen LogP contribution in [0.25, 0.3) is 0 Å². The Balaban J connectivity index is 2.37. The van der Waals surface area contributed by atoms with Crippen LogP contribution in [0, 0.1) is 6.92 Å². The van der Waals surface area contributed by atoms with Crippen LogP contribution in [0.2, 0.25) is 0 Å². The average Bonchev–Trinajstić information content (AvgIpc) is 2.45. The summed E-state index contributed by atoms with van der Waals surface area (Å²) in [5.74, 6) is -0.684. The minimum absolute atomic E-state index is 0.0641. The molecular weight excluding hydrogens is 270 g/mol.